The van der Waals surface area contributed by atoms with Gasteiger partial charge in [-0.25, -0.2) is 17.9 Å². The number of nitrogens with one attached hydrogen (secondary N) is 2. The van der Waals surface area contributed by atoms with Gasteiger partial charge in [0.15, 0.2) is 0 Å². The smallest absolute Gasteiger partial charge is 0.404 e. The number of carbonyl (C=O) groups is 1. The molecule has 0 aliphatic heterocycles. The molecule has 0 bridgehead atoms. The third-order valence-corrected chi connectivity index (χ3v) is 4.51. The van der Waals surface area contributed by atoms with Crippen molar-refractivity contribution >= 4 is 21.8 Å². The number of benzene rings is 1. The van der Waals surface area contributed by atoms with Gasteiger partial charge in [0.25, 0.3) is 0 Å². The molecule has 118 valence electrons. The number of sulfonamides is 1. The van der Waals surface area contributed by atoms with Crippen LogP contribution in [0.3, 0.4) is 0 Å². The van der Waals surface area contributed by atoms with Crippen LogP contribution < -0.4 is 15.8 Å². The average Bonchev–Trinajstić information content (AvgIpc) is 2.33. The van der Waals surface area contributed by atoms with E-state index in [0.717, 1.165) is 12.2 Å². The van der Waals surface area contributed by atoms with Crippen LogP contribution in [0.25, 0.3) is 0 Å². The maximum Gasteiger partial charge on any atom is 0.404 e. The van der Waals surface area contributed by atoms with E-state index in [9.17, 15) is 13.2 Å². The van der Waals surface area contributed by atoms with Crippen LogP contribution in [0.1, 0.15) is 18.1 Å². The first-order valence-corrected chi connectivity index (χ1v) is 8.03. The molecule has 0 aliphatic rings. The number of rotatable bonds is 7. The van der Waals surface area contributed by atoms with Gasteiger partial charge in [0, 0.05) is 18.8 Å². The Kier molecular flexibility index (Phi) is 5.98. The van der Waals surface area contributed by atoms with E-state index in [4.69, 9.17) is 5.73 Å². The number of primary amides is 1. The van der Waals surface area contributed by atoms with Crippen molar-refractivity contribution < 1.29 is 17.9 Å². The molecule has 1 rings (SSSR count). The number of anilines is 1. The molecule has 8 heteroatoms. The Labute approximate surface area is 124 Å². The Morgan fingerprint density at radius 3 is 2.33 bits per heavy atom. The maximum atomic E-state index is 12.3. The molecule has 0 fully saturated rings. The SMILES string of the molecule is CCNc1cc(C)c(S(=O)(=O)NCCOC(N)=O)c(C)c1. The first kappa shape index (κ1) is 17.3. The van der Waals surface area contributed by atoms with Crippen LogP contribution in [0.15, 0.2) is 17.0 Å². The van der Waals surface area contributed by atoms with Gasteiger partial charge >= 0.3 is 6.09 Å². The Morgan fingerprint density at radius 2 is 1.86 bits per heavy atom. The van der Waals surface area contributed by atoms with E-state index in [0.29, 0.717) is 11.1 Å². The minimum atomic E-state index is -3.66. The van der Waals surface area contributed by atoms with Gasteiger partial charge in [-0.3, -0.25) is 0 Å². The van der Waals surface area contributed by atoms with Gasteiger partial charge in [-0.1, -0.05) is 0 Å². The third-order valence-electron chi connectivity index (χ3n) is 2.75. The van der Waals surface area contributed by atoms with Gasteiger partial charge in [0.05, 0.1) is 4.90 Å². The molecule has 1 aromatic carbocycles. The molecule has 0 aliphatic carbocycles. The quantitative estimate of drug-likeness (QED) is 0.653. The highest BCUT2D eigenvalue weighted by molar-refractivity contribution is 7.89. The normalized spacial score (nSPS) is 11.2. The van der Waals surface area contributed by atoms with Gasteiger partial charge in [0.1, 0.15) is 6.61 Å². The van der Waals surface area contributed by atoms with Crippen molar-refractivity contribution in [3.8, 4) is 0 Å². The molecule has 0 heterocycles. The van der Waals surface area contributed by atoms with Gasteiger partial charge in [-0.15, -0.1) is 0 Å². The molecule has 0 atom stereocenters. The predicted molar refractivity (Wildman–Crippen MR) is 80.8 cm³/mol. The zero-order valence-electron chi connectivity index (χ0n) is 12.4. The summed E-state index contributed by atoms with van der Waals surface area (Å²) in [5, 5.41) is 3.15. The zero-order chi connectivity index (χ0) is 16.0. The molecular formula is C13H21N3O4S. The van der Waals surface area contributed by atoms with Crippen LogP contribution in [0.2, 0.25) is 0 Å². The monoisotopic (exact) mass is 315 g/mol. The molecular weight excluding hydrogens is 294 g/mol. The second kappa shape index (κ2) is 7.28. The summed E-state index contributed by atoms with van der Waals surface area (Å²) in [6.45, 7) is 6.06. The lowest BCUT2D eigenvalue weighted by Gasteiger charge is -2.14. The highest BCUT2D eigenvalue weighted by atomic mass is 32.2. The van der Waals surface area contributed by atoms with E-state index < -0.39 is 16.1 Å². The minimum absolute atomic E-state index is 0.0287. The molecule has 1 aromatic rings. The Bertz CT molecular complexity index is 591. The topological polar surface area (TPSA) is 111 Å². The van der Waals surface area contributed by atoms with Crippen molar-refractivity contribution in [3.63, 3.8) is 0 Å². The van der Waals surface area contributed by atoms with E-state index in [-0.39, 0.29) is 18.0 Å². The lowest BCUT2D eigenvalue weighted by atomic mass is 10.1. The zero-order valence-corrected chi connectivity index (χ0v) is 13.2. The highest BCUT2D eigenvalue weighted by Gasteiger charge is 2.19. The highest BCUT2D eigenvalue weighted by Crippen LogP contribution is 2.24. The van der Waals surface area contributed by atoms with E-state index >= 15 is 0 Å². The summed E-state index contributed by atoms with van der Waals surface area (Å²) in [6.07, 6.45) is -0.934. The molecule has 1 amide bonds. The predicted octanol–water partition coefficient (Wildman–Crippen LogP) is 1.11. The van der Waals surface area contributed by atoms with Gasteiger partial charge < -0.3 is 15.8 Å². The summed E-state index contributed by atoms with van der Waals surface area (Å²) in [5.74, 6) is 0. The largest absolute Gasteiger partial charge is 0.448 e. The molecule has 0 unspecified atom stereocenters. The standard InChI is InChI=1S/C13H21N3O4S/c1-4-15-11-7-9(2)12(10(3)8-11)21(18,19)16-5-6-20-13(14)17/h7-8,15-16H,4-6H2,1-3H3,(H2,14,17). The van der Waals surface area contributed by atoms with Crippen LogP contribution in [-0.2, 0) is 14.8 Å². The molecule has 7 nitrogen and oxygen atoms in total. The molecule has 0 radical (unpaired) electrons. The summed E-state index contributed by atoms with van der Waals surface area (Å²) in [5.41, 5.74) is 6.97. The molecule has 0 spiro atoms. The molecule has 4 N–H and O–H groups in total. The summed E-state index contributed by atoms with van der Waals surface area (Å²) in [7, 11) is -3.66. The van der Waals surface area contributed by atoms with Crippen LogP contribution in [0.5, 0.6) is 0 Å². The fourth-order valence-electron chi connectivity index (χ4n) is 2.08. The van der Waals surface area contributed by atoms with Crippen LogP contribution in [-0.4, -0.2) is 34.2 Å². The fraction of sp³-hybridized carbons (Fsp3) is 0.462. The Balaban J connectivity index is 2.90. The van der Waals surface area contributed by atoms with Crippen LogP contribution in [0, 0.1) is 13.8 Å². The lowest BCUT2D eigenvalue weighted by molar-refractivity contribution is 0.159. The number of amides is 1. The van der Waals surface area contributed by atoms with Gasteiger partial charge in [-0.05, 0) is 44.0 Å². The minimum Gasteiger partial charge on any atom is -0.448 e. The summed E-state index contributed by atoms with van der Waals surface area (Å²) in [6, 6.07) is 3.57. The molecule has 0 aromatic heterocycles. The van der Waals surface area contributed by atoms with Crippen LogP contribution in [0.4, 0.5) is 10.5 Å². The maximum absolute atomic E-state index is 12.3. The number of ether oxygens (including phenoxy) is 1. The fourth-order valence-corrected chi connectivity index (χ4v) is 3.54. The van der Waals surface area contributed by atoms with Crippen molar-refractivity contribution in [1.29, 1.82) is 0 Å². The summed E-state index contributed by atoms with van der Waals surface area (Å²) >= 11 is 0. The van der Waals surface area contributed by atoms with E-state index in [2.05, 4.69) is 14.8 Å². The van der Waals surface area contributed by atoms with Crippen LogP contribution >= 0.6 is 0 Å². The number of nitrogens with two attached hydrogens (primary N) is 1. The van der Waals surface area contributed by atoms with E-state index in [1.54, 1.807) is 26.0 Å². The van der Waals surface area contributed by atoms with Gasteiger partial charge in [0.2, 0.25) is 10.0 Å². The number of aryl methyl sites for hydroxylation is 2. The molecule has 21 heavy (non-hydrogen) atoms. The Morgan fingerprint density at radius 1 is 1.29 bits per heavy atom. The molecule has 0 saturated carbocycles. The summed E-state index contributed by atoms with van der Waals surface area (Å²) in [4.78, 5) is 10.7. The number of hydrogen-bond donors (Lipinski definition) is 3. The van der Waals surface area contributed by atoms with E-state index in [1.165, 1.54) is 0 Å². The average molecular weight is 315 g/mol. The summed E-state index contributed by atoms with van der Waals surface area (Å²) < 4.78 is 31.4. The van der Waals surface area contributed by atoms with Crippen molar-refractivity contribution in [2.45, 2.75) is 25.7 Å². The van der Waals surface area contributed by atoms with E-state index in [1.807, 2.05) is 6.92 Å². The first-order chi connectivity index (χ1) is 9.77. The van der Waals surface area contributed by atoms with Gasteiger partial charge in [-0.2, -0.15) is 0 Å². The van der Waals surface area contributed by atoms with Crippen molar-refractivity contribution in [2.75, 3.05) is 25.0 Å². The lowest BCUT2D eigenvalue weighted by Crippen LogP contribution is -2.30. The van der Waals surface area contributed by atoms with Crippen molar-refractivity contribution in [1.82, 2.24) is 4.72 Å². The molecule has 0 saturated heterocycles. The van der Waals surface area contributed by atoms with Crippen molar-refractivity contribution in [3.05, 3.63) is 23.3 Å². The second-order valence-electron chi connectivity index (χ2n) is 4.53. The number of carbonyl (C=O) groups excluding carboxylic acids is 1. The first-order valence-electron chi connectivity index (χ1n) is 6.55. The third kappa shape index (κ3) is 4.91. The Hall–Kier alpha value is -1.80. The van der Waals surface area contributed by atoms with Crippen molar-refractivity contribution in [2.24, 2.45) is 5.73 Å². The number of hydrogen-bond acceptors (Lipinski definition) is 5. The second-order valence-corrected chi connectivity index (χ2v) is 6.24.